The first-order valence-corrected chi connectivity index (χ1v) is 12.1. The number of hydrogen-bond acceptors (Lipinski definition) is 7. The number of piperidine rings is 1. The first kappa shape index (κ1) is 23.3. The quantitative estimate of drug-likeness (QED) is 0.383. The van der Waals surface area contributed by atoms with Crippen LogP contribution in [0.5, 0.6) is 5.88 Å². The first-order valence-electron chi connectivity index (χ1n) is 11.7. The Labute approximate surface area is 215 Å². The SMILES string of the molecule is COc1cc(-c2cc(C(=O)N3CCC(C(=O)Nc4cnn5ccc(Cl)nc45)CC34CC4)[nH]n2)c(F)cn1. The number of ether oxygens (including phenoxy) is 1. The molecular weight excluding hydrogens is 503 g/mol. The number of carbonyl (C=O) groups is 2. The van der Waals surface area contributed by atoms with Crippen LogP contribution >= 0.6 is 11.6 Å². The second kappa shape index (κ2) is 8.80. The van der Waals surface area contributed by atoms with E-state index in [0.29, 0.717) is 35.9 Å². The van der Waals surface area contributed by atoms with Crippen molar-refractivity contribution in [3.05, 3.63) is 53.5 Å². The van der Waals surface area contributed by atoms with Gasteiger partial charge in [-0.3, -0.25) is 14.7 Å². The van der Waals surface area contributed by atoms with Gasteiger partial charge in [0.15, 0.2) is 11.5 Å². The van der Waals surface area contributed by atoms with E-state index < -0.39 is 5.82 Å². The average molecular weight is 525 g/mol. The van der Waals surface area contributed by atoms with Crippen molar-refractivity contribution in [2.45, 2.75) is 31.2 Å². The van der Waals surface area contributed by atoms with Crippen molar-refractivity contribution in [3.8, 4) is 17.1 Å². The summed E-state index contributed by atoms with van der Waals surface area (Å²) >= 11 is 6.00. The van der Waals surface area contributed by atoms with Gasteiger partial charge in [0.2, 0.25) is 11.8 Å². The number of likely N-dealkylation sites (tertiary alicyclic amines) is 1. The van der Waals surface area contributed by atoms with Gasteiger partial charge in [-0.25, -0.2) is 18.9 Å². The lowest BCUT2D eigenvalue weighted by atomic mass is 9.88. The third-order valence-corrected chi connectivity index (χ3v) is 7.27. The summed E-state index contributed by atoms with van der Waals surface area (Å²) in [6.07, 6.45) is 6.94. The van der Waals surface area contributed by atoms with Gasteiger partial charge in [-0.1, -0.05) is 11.6 Å². The number of aromatic amines is 1. The first-order chi connectivity index (χ1) is 17.9. The number of carbonyl (C=O) groups excluding carboxylic acids is 2. The number of pyridine rings is 1. The smallest absolute Gasteiger partial charge is 0.272 e. The lowest BCUT2D eigenvalue weighted by molar-refractivity contribution is -0.122. The number of anilines is 1. The summed E-state index contributed by atoms with van der Waals surface area (Å²) in [5, 5.41) is 14.3. The zero-order valence-corrected chi connectivity index (χ0v) is 20.5. The molecule has 5 heterocycles. The van der Waals surface area contributed by atoms with Gasteiger partial charge in [0, 0.05) is 35.8 Å². The zero-order valence-electron chi connectivity index (χ0n) is 19.7. The number of aromatic nitrogens is 6. The van der Waals surface area contributed by atoms with Crippen molar-refractivity contribution in [3.63, 3.8) is 0 Å². The van der Waals surface area contributed by atoms with Gasteiger partial charge in [0.05, 0.1) is 25.2 Å². The lowest BCUT2D eigenvalue weighted by Gasteiger charge is -2.39. The fourth-order valence-electron chi connectivity index (χ4n) is 4.96. The predicted molar refractivity (Wildman–Crippen MR) is 131 cm³/mol. The highest BCUT2D eigenvalue weighted by atomic mass is 35.5. The Morgan fingerprint density at radius 1 is 1.30 bits per heavy atom. The highest BCUT2D eigenvalue weighted by Crippen LogP contribution is 2.50. The fourth-order valence-corrected chi connectivity index (χ4v) is 5.10. The molecule has 13 heteroatoms. The van der Waals surface area contributed by atoms with Gasteiger partial charge in [-0.15, -0.1) is 0 Å². The molecule has 1 unspecified atom stereocenters. The Hall–Kier alpha value is -4.06. The molecule has 0 bridgehead atoms. The van der Waals surface area contributed by atoms with Crippen LogP contribution in [0.15, 0.2) is 36.8 Å². The molecule has 190 valence electrons. The average Bonchev–Trinajstić information content (AvgIpc) is 3.30. The topological polar surface area (TPSA) is 130 Å². The predicted octanol–water partition coefficient (Wildman–Crippen LogP) is 3.34. The van der Waals surface area contributed by atoms with Crippen LogP contribution in [0.2, 0.25) is 5.15 Å². The van der Waals surface area contributed by atoms with Crippen molar-refractivity contribution in [2.24, 2.45) is 5.92 Å². The molecule has 0 aromatic carbocycles. The molecule has 1 spiro atoms. The van der Waals surface area contributed by atoms with E-state index in [4.69, 9.17) is 16.3 Å². The molecule has 2 amide bonds. The van der Waals surface area contributed by atoms with E-state index in [1.54, 1.807) is 18.5 Å². The Morgan fingerprint density at radius 3 is 2.92 bits per heavy atom. The molecule has 1 aliphatic carbocycles. The molecule has 0 radical (unpaired) electrons. The van der Waals surface area contributed by atoms with Crippen LogP contribution in [0.25, 0.3) is 16.9 Å². The summed E-state index contributed by atoms with van der Waals surface area (Å²) in [5.74, 6) is -0.955. The van der Waals surface area contributed by atoms with Crippen molar-refractivity contribution >= 4 is 34.7 Å². The number of nitrogens with zero attached hydrogens (tertiary/aromatic N) is 6. The Bertz CT molecular complexity index is 1530. The Kier molecular flexibility index (Phi) is 5.55. The molecule has 37 heavy (non-hydrogen) atoms. The van der Waals surface area contributed by atoms with Crippen LogP contribution in [0.4, 0.5) is 10.1 Å². The van der Waals surface area contributed by atoms with Gasteiger partial charge in [-0.05, 0) is 37.8 Å². The minimum Gasteiger partial charge on any atom is -0.481 e. The molecular formula is C24H22ClFN8O3. The van der Waals surface area contributed by atoms with E-state index in [1.807, 2.05) is 4.90 Å². The number of H-pyrrole nitrogens is 1. The number of hydrogen-bond donors (Lipinski definition) is 2. The second-order valence-electron chi connectivity index (χ2n) is 9.31. The summed E-state index contributed by atoms with van der Waals surface area (Å²) in [6.45, 7) is 0.418. The molecule has 1 saturated carbocycles. The monoisotopic (exact) mass is 524 g/mol. The molecule has 2 aliphatic rings. The van der Waals surface area contributed by atoms with Crippen LogP contribution in [0.3, 0.4) is 0 Å². The standard InChI is InChI=1S/C24H22ClFN8O3/c1-37-20-8-14(15(26)11-27-20)16-9-17(32-31-16)23(36)33-6-2-13(10-24(33)4-5-24)22(35)29-18-12-28-34-7-3-19(25)30-21(18)34/h3,7-9,11-13H,2,4-6,10H2,1H3,(H,29,35)(H,31,32). The minimum atomic E-state index is -0.569. The normalized spacial score (nSPS) is 18.2. The maximum atomic E-state index is 14.3. The summed E-state index contributed by atoms with van der Waals surface area (Å²) < 4.78 is 20.9. The van der Waals surface area contributed by atoms with Gasteiger partial charge in [0.25, 0.3) is 5.91 Å². The zero-order chi connectivity index (χ0) is 25.7. The Balaban J connectivity index is 1.16. The summed E-state index contributed by atoms with van der Waals surface area (Å²) in [6, 6.07) is 4.57. The number of rotatable bonds is 5. The van der Waals surface area contributed by atoms with Gasteiger partial charge in [-0.2, -0.15) is 10.2 Å². The third kappa shape index (κ3) is 4.16. The number of amides is 2. The van der Waals surface area contributed by atoms with Crippen LogP contribution in [0.1, 0.15) is 36.2 Å². The van der Waals surface area contributed by atoms with Gasteiger partial charge < -0.3 is 15.0 Å². The van der Waals surface area contributed by atoms with E-state index in [2.05, 4.69) is 30.6 Å². The lowest BCUT2D eigenvalue weighted by Crippen LogP contribution is -2.50. The third-order valence-electron chi connectivity index (χ3n) is 7.06. The van der Waals surface area contributed by atoms with Crippen molar-refractivity contribution in [2.75, 3.05) is 19.0 Å². The summed E-state index contributed by atoms with van der Waals surface area (Å²) in [4.78, 5) is 36.4. The molecule has 1 saturated heterocycles. The molecule has 4 aromatic heterocycles. The molecule has 2 fully saturated rings. The minimum absolute atomic E-state index is 0.138. The van der Waals surface area contributed by atoms with Crippen LogP contribution in [0, 0.1) is 11.7 Å². The number of halogens is 2. The van der Waals surface area contributed by atoms with E-state index in [9.17, 15) is 14.0 Å². The van der Waals surface area contributed by atoms with Crippen LogP contribution in [-0.4, -0.2) is 65.7 Å². The van der Waals surface area contributed by atoms with Crippen molar-refractivity contribution in [1.82, 2.24) is 34.7 Å². The molecule has 4 aromatic rings. The van der Waals surface area contributed by atoms with Crippen molar-refractivity contribution in [1.29, 1.82) is 0 Å². The van der Waals surface area contributed by atoms with Crippen molar-refractivity contribution < 1.29 is 18.7 Å². The van der Waals surface area contributed by atoms with E-state index >= 15 is 0 Å². The molecule has 1 aliphatic heterocycles. The maximum absolute atomic E-state index is 14.3. The fraction of sp³-hybridized carbons (Fsp3) is 0.333. The van der Waals surface area contributed by atoms with Gasteiger partial charge in [0.1, 0.15) is 16.5 Å². The number of nitrogens with one attached hydrogen (secondary N) is 2. The molecule has 1 atom stereocenters. The summed E-state index contributed by atoms with van der Waals surface area (Å²) in [7, 11) is 1.44. The van der Waals surface area contributed by atoms with E-state index in [-0.39, 0.29) is 46.1 Å². The highest BCUT2D eigenvalue weighted by Gasteiger charge is 2.54. The van der Waals surface area contributed by atoms with Crippen LogP contribution in [-0.2, 0) is 4.79 Å². The highest BCUT2D eigenvalue weighted by molar-refractivity contribution is 6.29. The number of methoxy groups -OCH3 is 1. The maximum Gasteiger partial charge on any atom is 0.272 e. The molecule has 2 N–H and O–H groups in total. The Morgan fingerprint density at radius 2 is 2.14 bits per heavy atom. The molecule has 11 nitrogen and oxygen atoms in total. The number of fused-ring (bicyclic) bond motifs is 1. The molecule has 6 rings (SSSR count). The van der Waals surface area contributed by atoms with E-state index in [0.717, 1.165) is 19.0 Å². The summed E-state index contributed by atoms with van der Waals surface area (Å²) in [5.41, 5.74) is 1.29. The van der Waals surface area contributed by atoms with E-state index in [1.165, 1.54) is 23.8 Å². The van der Waals surface area contributed by atoms with Gasteiger partial charge >= 0.3 is 0 Å². The second-order valence-corrected chi connectivity index (χ2v) is 9.70. The largest absolute Gasteiger partial charge is 0.481 e. The van der Waals surface area contributed by atoms with Crippen LogP contribution < -0.4 is 10.1 Å².